The fourth-order valence-corrected chi connectivity index (χ4v) is 10.4. The van der Waals surface area contributed by atoms with Crippen LogP contribution < -0.4 is 106 Å². The predicted molar refractivity (Wildman–Crippen MR) is 363 cm³/mol. The van der Waals surface area contributed by atoms with Crippen molar-refractivity contribution in [3.8, 4) is 11.1 Å². The van der Waals surface area contributed by atoms with E-state index in [9.17, 15) is 33.6 Å². The number of guanidine groups is 4. The van der Waals surface area contributed by atoms with Crippen molar-refractivity contribution < 1.29 is 38.3 Å². The maximum Gasteiger partial charge on any atom is 0.407 e. The second-order valence-corrected chi connectivity index (χ2v) is 22.9. The summed E-state index contributed by atoms with van der Waals surface area (Å²) in [5, 5.41) is 43.3. The van der Waals surface area contributed by atoms with Crippen molar-refractivity contribution in [2.75, 3.05) is 39.3 Å². The number of amidine groups is 3. The lowest BCUT2D eigenvalue weighted by Crippen LogP contribution is -2.59. The van der Waals surface area contributed by atoms with E-state index < -0.39 is 83.8 Å². The standard InChI is InChI=1S/C60H102N26O8/c61-47(62)26-8-5-20-42(80-33-35(15-11-29-76-56(68)69)81-52(89)46(22-7-10-28-49(65)66)86-60(93)94-34-40-38-18-3-1-16-36(38)37-17-2-4-19-39(37)40)51(88)83-45(25-14-32-79-59(74)75)55(92)84-43(21-6-9-27-48(63)64)54(91)85-44(24-13-31-78-58(72)73)53(90)82-41(50(67)87)23-12-30-77-57(70)71/h1-4,16-19,35,40-46,80H,5-15,20-34H2,(H3,61,62)(H3,63,64)(H3,65,66)(H2,67,87)(H,81,89)(H,82,90)(H,83,88)(H,84,92)(H,85,91)(H,86,93)(H4,68,69,76)(H4,70,71,77)(H4,72,73,78)(H4,74,75,79)/t35?,41-,42-,43-,44?,45?,46-/m0/s1. The molecule has 7 atom stereocenters. The third-order valence-electron chi connectivity index (χ3n) is 15.2. The molecule has 2 aromatic carbocycles. The number of nitrogens with one attached hydrogen (secondary N) is 10. The highest BCUT2D eigenvalue weighted by Gasteiger charge is 2.34. The molecule has 1 aliphatic rings. The highest BCUT2D eigenvalue weighted by molar-refractivity contribution is 5.96. The normalized spacial score (nSPS) is 13.6. The van der Waals surface area contributed by atoms with Gasteiger partial charge in [-0.3, -0.25) is 65.0 Å². The SMILES string of the molecule is N=C(N)CCCC[C@H](NCC(CCCN=C(N)N)NC(=O)[C@H](CCCCC(=N)N)NC(=O)OCC1c2ccccc2-c2ccccc21)C(=O)NC(CCCN=C(N)N)C(=O)N[C@@H](CCCCC(=N)N)C(=O)NC(CCCN=C(N)N)C(=O)N[C@@H](CCCN=C(N)N)C(N)=O. The molecule has 7 amide bonds. The van der Waals surface area contributed by atoms with E-state index in [1.807, 2.05) is 48.5 Å². The summed E-state index contributed by atoms with van der Waals surface area (Å²) < 4.78 is 5.85. The van der Waals surface area contributed by atoms with Crippen molar-refractivity contribution in [1.29, 1.82) is 16.2 Å². The number of amides is 7. The molecule has 0 bridgehead atoms. The van der Waals surface area contributed by atoms with Gasteiger partial charge >= 0.3 is 6.09 Å². The zero-order chi connectivity index (χ0) is 69.5. The summed E-state index contributed by atoms with van der Waals surface area (Å²) in [7, 11) is 0. The molecule has 34 nitrogen and oxygen atoms in total. The molecule has 0 saturated carbocycles. The molecule has 0 saturated heterocycles. The van der Waals surface area contributed by atoms with Gasteiger partial charge in [0.15, 0.2) is 23.8 Å². The van der Waals surface area contributed by atoms with Crippen LogP contribution in [-0.2, 0) is 33.5 Å². The Bertz CT molecular complexity index is 2900. The van der Waals surface area contributed by atoms with Crippen LogP contribution >= 0.6 is 0 Å². The van der Waals surface area contributed by atoms with Gasteiger partial charge in [-0.1, -0.05) is 67.8 Å². The molecular weight excluding hydrogens is 1210 g/mol. The van der Waals surface area contributed by atoms with Crippen molar-refractivity contribution in [1.82, 2.24) is 37.2 Å². The van der Waals surface area contributed by atoms with E-state index in [0.29, 0.717) is 38.5 Å². The van der Waals surface area contributed by atoms with E-state index in [1.54, 1.807) is 0 Å². The van der Waals surface area contributed by atoms with Gasteiger partial charge in [-0.2, -0.15) is 0 Å². The zero-order valence-corrected chi connectivity index (χ0v) is 53.6. The minimum Gasteiger partial charge on any atom is -0.449 e. The number of unbranched alkanes of at least 4 members (excludes halogenated alkanes) is 3. The summed E-state index contributed by atoms with van der Waals surface area (Å²) in [6.45, 7) is 0.331. The van der Waals surface area contributed by atoms with Gasteiger partial charge in [0.1, 0.15) is 36.8 Å². The average Bonchev–Trinajstić information content (AvgIpc) is 1.62. The summed E-state index contributed by atoms with van der Waals surface area (Å²) in [5.41, 5.74) is 71.2. The molecular formula is C60H102N26O8. The molecule has 3 rings (SSSR count). The summed E-state index contributed by atoms with van der Waals surface area (Å²) in [4.78, 5) is 115. The average molecular weight is 1320 g/mol. The number of rotatable bonds is 48. The minimum absolute atomic E-state index is 0.0142. The summed E-state index contributed by atoms with van der Waals surface area (Å²) in [6.07, 6.45) is 3.37. The molecule has 1 aliphatic carbocycles. The van der Waals surface area contributed by atoms with Gasteiger partial charge in [-0.15, -0.1) is 0 Å². The first-order valence-corrected chi connectivity index (χ1v) is 31.6. The van der Waals surface area contributed by atoms with Gasteiger partial charge in [-0.25, -0.2) is 4.79 Å². The first-order chi connectivity index (χ1) is 44.7. The summed E-state index contributed by atoms with van der Waals surface area (Å²) in [6, 6.07) is 7.55. The van der Waals surface area contributed by atoms with Gasteiger partial charge < -0.3 is 111 Å². The Hall–Kier alpha value is -10.0. The highest BCUT2D eigenvalue weighted by atomic mass is 16.5. The monoisotopic (exact) mass is 1310 g/mol. The number of benzene rings is 2. The van der Waals surface area contributed by atoms with Gasteiger partial charge in [0.05, 0.1) is 23.5 Å². The zero-order valence-electron chi connectivity index (χ0n) is 53.6. The number of primary amides is 1. The fourth-order valence-electron chi connectivity index (χ4n) is 10.4. The third-order valence-corrected chi connectivity index (χ3v) is 15.2. The van der Waals surface area contributed by atoms with E-state index in [2.05, 4.69) is 57.2 Å². The van der Waals surface area contributed by atoms with E-state index in [-0.39, 0.29) is 176 Å². The van der Waals surface area contributed by atoms with Crippen LogP contribution in [0.1, 0.15) is 145 Å². The van der Waals surface area contributed by atoms with Crippen LogP contribution in [0.15, 0.2) is 68.5 Å². The van der Waals surface area contributed by atoms with Crippen LogP contribution in [0.3, 0.4) is 0 Å². The molecule has 0 fully saturated rings. The fraction of sp³-hybridized carbons (Fsp3) is 0.567. The number of carbonyl (C=O) groups is 7. The molecule has 0 heterocycles. The van der Waals surface area contributed by atoms with E-state index in [0.717, 1.165) is 22.3 Å². The van der Waals surface area contributed by atoms with E-state index >= 15 is 0 Å². The Labute approximate surface area is 548 Å². The number of ether oxygens (including phenoxy) is 1. The molecule has 0 aromatic heterocycles. The number of alkyl carbamates (subject to hydrolysis) is 1. The largest absolute Gasteiger partial charge is 0.449 e. The maximum absolute atomic E-state index is 14.8. The number of nitrogens with zero attached hydrogens (tertiary/aromatic N) is 4. The van der Waals surface area contributed by atoms with Gasteiger partial charge in [0.25, 0.3) is 0 Å². The van der Waals surface area contributed by atoms with Crippen molar-refractivity contribution >= 4 is 82.9 Å². The molecule has 34 N–H and O–H groups in total. The number of fused-ring (bicyclic) bond motifs is 3. The highest BCUT2D eigenvalue weighted by Crippen LogP contribution is 2.44. The van der Waals surface area contributed by atoms with Gasteiger partial charge in [-0.05, 0) is 112 Å². The lowest BCUT2D eigenvalue weighted by atomic mass is 9.98. The molecule has 0 aliphatic heterocycles. The minimum atomic E-state index is -1.36. The van der Waals surface area contributed by atoms with Crippen LogP contribution in [0.2, 0.25) is 0 Å². The van der Waals surface area contributed by atoms with Crippen LogP contribution in [0.5, 0.6) is 0 Å². The molecule has 0 radical (unpaired) electrons. The lowest BCUT2D eigenvalue weighted by Gasteiger charge is -2.28. The van der Waals surface area contributed by atoms with E-state index in [4.69, 9.17) is 89.8 Å². The first-order valence-electron chi connectivity index (χ1n) is 31.6. The van der Waals surface area contributed by atoms with Crippen molar-refractivity contribution in [3.05, 3.63) is 59.7 Å². The Morgan fingerprint density at radius 3 is 1.10 bits per heavy atom. The second kappa shape index (κ2) is 42.9. The van der Waals surface area contributed by atoms with Gasteiger partial charge in [0, 0.05) is 63.9 Å². The van der Waals surface area contributed by atoms with Gasteiger partial charge in [0.2, 0.25) is 35.4 Å². The van der Waals surface area contributed by atoms with Crippen molar-refractivity contribution in [3.63, 3.8) is 0 Å². The number of hydrogen-bond donors (Lipinski definition) is 22. The van der Waals surface area contributed by atoms with Crippen molar-refractivity contribution in [2.24, 2.45) is 88.8 Å². The van der Waals surface area contributed by atoms with Crippen molar-refractivity contribution in [2.45, 2.75) is 177 Å². The Kier molecular flexibility index (Phi) is 35.7. The van der Waals surface area contributed by atoms with Crippen LogP contribution in [0.25, 0.3) is 11.1 Å². The number of hydrogen-bond acceptors (Lipinski definition) is 16. The van der Waals surface area contributed by atoms with Crippen LogP contribution in [0, 0.1) is 16.2 Å². The molecule has 3 unspecified atom stereocenters. The molecule has 2 aromatic rings. The smallest absolute Gasteiger partial charge is 0.407 e. The Morgan fingerprint density at radius 2 is 0.713 bits per heavy atom. The Morgan fingerprint density at radius 1 is 0.394 bits per heavy atom. The van der Waals surface area contributed by atoms with E-state index in [1.165, 1.54) is 0 Å². The topological polar surface area (TPSA) is 646 Å². The van der Waals surface area contributed by atoms with Crippen LogP contribution in [0.4, 0.5) is 4.79 Å². The third kappa shape index (κ3) is 31.3. The summed E-state index contributed by atoms with van der Waals surface area (Å²) >= 11 is 0. The first kappa shape index (κ1) is 78.2. The maximum atomic E-state index is 14.8. The van der Waals surface area contributed by atoms with Crippen LogP contribution in [-0.4, -0.2) is 165 Å². The molecule has 34 heteroatoms. The molecule has 520 valence electrons. The lowest BCUT2D eigenvalue weighted by molar-refractivity contribution is -0.135. The molecule has 94 heavy (non-hydrogen) atoms. The summed E-state index contributed by atoms with van der Waals surface area (Å²) in [5.74, 6) is -5.77. The Balaban J connectivity index is 1.98. The number of carbonyl (C=O) groups excluding carboxylic acids is 7. The molecule has 0 spiro atoms. The number of nitrogens with two attached hydrogens (primary N) is 12. The quantitative estimate of drug-likeness (QED) is 0.0184. The number of aliphatic imine (C=N–C) groups is 4. The predicted octanol–water partition coefficient (Wildman–Crippen LogP) is -2.54. The second-order valence-electron chi connectivity index (χ2n) is 22.9.